The molecular weight excluding hydrogens is 470 g/mol. The average Bonchev–Trinajstić information content (AvgIpc) is 2.85. The van der Waals surface area contributed by atoms with Crippen molar-refractivity contribution in [1.29, 1.82) is 0 Å². The Kier molecular flexibility index (Phi) is 14.0. The third-order valence-electron chi connectivity index (χ3n) is 5.80. The maximum Gasteiger partial charge on any atom is 0.326 e. The lowest BCUT2D eigenvalue weighted by molar-refractivity contribution is -0.142. The number of carboxylic acids is 1. The van der Waals surface area contributed by atoms with Gasteiger partial charge in [0.2, 0.25) is 17.7 Å². The van der Waals surface area contributed by atoms with Gasteiger partial charge in [0.25, 0.3) is 0 Å². The Bertz CT molecular complexity index is 826. The number of nitrogens with two attached hydrogens (primary N) is 2. The fraction of sp³-hybridized carbons (Fsp3) is 0.583. The summed E-state index contributed by atoms with van der Waals surface area (Å²) in [7, 11) is 0. The summed E-state index contributed by atoms with van der Waals surface area (Å²) in [6.45, 7) is 4.11. The van der Waals surface area contributed by atoms with Crippen molar-refractivity contribution in [2.75, 3.05) is 12.3 Å². The average molecular weight is 510 g/mol. The molecule has 35 heavy (non-hydrogen) atoms. The normalized spacial score (nSPS) is 15.2. The summed E-state index contributed by atoms with van der Waals surface area (Å²) in [5.74, 6) is -2.98. The van der Waals surface area contributed by atoms with Crippen molar-refractivity contribution in [2.24, 2.45) is 17.4 Å². The number of carbonyl (C=O) groups excluding carboxylic acids is 3. The van der Waals surface area contributed by atoms with Gasteiger partial charge < -0.3 is 32.5 Å². The van der Waals surface area contributed by atoms with Gasteiger partial charge >= 0.3 is 5.97 Å². The van der Waals surface area contributed by atoms with E-state index >= 15 is 0 Å². The van der Waals surface area contributed by atoms with Crippen LogP contribution in [0.2, 0.25) is 0 Å². The van der Waals surface area contributed by atoms with Crippen molar-refractivity contribution in [3.8, 4) is 0 Å². The first-order chi connectivity index (χ1) is 16.6. The number of carboxylic acid groups (broad SMARTS) is 1. The summed E-state index contributed by atoms with van der Waals surface area (Å²) in [6, 6.07) is 5.08. The van der Waals surface area contributed by atoms with Crippen molar-refractivity contribution >= 4 is 36.3 Å². The van der Waals surface area contributed by atoms with Crippen LogP contribution in [-0.4, -0.2) is 65.3 Å². The lowest BCUT2D eigenvalue weighted by atomic mass is 9.96. The molecule has 0 aromatic heterocycles. The second-order valence-electron chi connectivity index (χ2n) is 8.60. The second-order valence-corrected chi connectivity index (χ2v) is 8.96. The van der Waals surface area contributed by atoms with E-state index in [4.69, 9.17) is 11.5 Å². The molecule has 0 fully saturated rings. The monoisotopic (exact) mass is 509 g/mol. The molecule has 0 heterocycles. The van der Waals surface area contributed by atoms with Crippen molar-refractivity contribution in [2.45, 2.75) is 70.1 Å². The molecule has 0 saturated carbocycles. The molecule has 1 aromatic rings. The molecule has 0 bridgehead atoms. The molecular formula is C24H39N5O5S. The smallest absolute Gasteiger partial charge is 0.326 e. The highest BCUT2D eigenvalue weighted by Gasteiger charge is 2.32. The Morgan fingerprint density at radius 1 is 0.971 bits per heavy atom. The Labute approximate surface area is 212 Å². The van der Waals surface area contributed by atoms with E-state index in [1.165, 1.54) is 0 Å². The van der Waals surface area contributed by atoms with Gasteiger partial charge in [-0.3, -0.25) is 14.4 Å². The van der Waals surface area contributed by atoms with Crippen molar-refractivity contribution < 1.29 is 24.3 Å². The first-order valence-corrected chi connectivity index (χ1v) is 12.5. The maximum absolute atomic E-state index is 13.2. The van der Waals surface area contributed by atoms with E-state index in [-0.39, 0.29) is 24.5 Å². The Morgan fingerprint density at radius 3 is 2.14 bits per heavy atom. The van der Waals surface area contributed by atoms with Crippen LogP contribution in [0.3, 0.4) is 0 Å². The minimum Gasteiger partial charge on any atom is -0.480 e. The van der Waals surface area contributed by atoms with Crippen LogP contribution in [0.1, 0.15) is 45.1 Å². The number of unbranched alkanes of at least 4 members (excludes halogenated alkanes) is 1. The van der Waals surface area contributed by atoms with Crippen molar-refractivity contribution in [3.63, 3.8) is 0 Å². The predicted molar refractivity (Wildman–Crippen MR) is 138 cm³/mol. The van der Waals surface area contributed by atoms with E-state index < -0.39 is 47.9 Å². The van der Waals surface area contributed by atoms with Gasteiger partial charge in [0.15, 0.2) is 0 Å². The van der Waals surface area contributed by atoms with E-state index in [0.717, 1.165) is 5.56 Å². The Hall–Kier alpha value is -2.63. The quantitative estimate of drug-likeness (QED) is 0.123. The van der Waals surface area contributed by atoms with E-state index in [1.54, 1.807) is 19.1 Å². The third-order valence-corrected chi connectivity index (χ3v) is 6.20. The number of thiol groups is 1. The molecule has 1 rings (SSSR count). The minimum absolute atomic E-state index is 0.112. The SMILES string of the molecule is CC[C@H](C)[C@H](NC(=O)[C@@H](N)CS)C(=O)N[C@@H](Cc1ccccc1)C(=O)N[C@@H](CCCCN)C(=O)O. The van der Waals surface area contributed by atoms with Gasteiger partial charge in [-0.05, 0) is 37.3 Å². The fourth-order valence-corrected chi connectivity index (χ4v) is 3.55. The highest BCUT2D eigenvalue weighted by atomic mass is 32.1. The zero-order chi connectivity index (χ0) is 26.4. The summed E-state index contributed by atoms with van der Waals surface area (Å²) in [5, 5.41) is 17.5. The van der Waals surface area contributed by atoms with E-state index in [9.17, 15) is 24.3 Å². The largest absolute Gasteiger partial charge is 0.480 e. The van der Waals surface area contributed by atoms with Crippen LogP contribution in [-0.2, 0) is 25.6 Å². The van der Waals surface area contributed by atoms with Crippen molar-refractivity contribution in [1.82, 2.24) is 16.0 Å². The number of hydrogen-bond acceptors (Lipinski definition) is 7. The molecule has 196 valence electrons. The molecule has 11 heteroatoms. The first kappa shape index (κ1) is 30.4. The Morgan fingerprint density at radius 2 is 1.60 bits per heavy atom. The van der Waals surface area contributed by atoms with Crippen LogP contribution >= 0.6 is 12.6 Å². The molecule has 0 spiro atoms. The zero-order valence-corrected chi connectivity index (χ0v) is 21.3. The number of benzene rings is 1. The van der Waals surface area contributed by atoms with Gasteiger partial charge in [-0.1, -0.05) is 50.6 Å². The zero-order valence-electron chi connectivity index (χ0n) is 20.4. The van der Waals surface area contributed by atoms with Gasteiger partial charge in [0, 0.05) is 12.2 Å². The van der Waals surface area contributed by atoms with Crippen LogP contribution in [0.4, 0.5) is 0 Å². The fourth-order valence-electron chi connectivity index (χ4n) is 3.39. The highest BCUT2D eigenvalue weighted by Crippen LogP contribution is 2.11. The van der Waals surface area contributed by atoms with Crippen LogP contribution in [0.5, 0.6) is 0 Å². The second kappa shape index (κ2) is 16.1. The lowest BCUT2D eigenvalue weighted by Crippen LogP contribution is -2.59. The van der Waals surface area contributed by atoms with Crippen LogP contribution in [0, 0.1) is 5.92 Å². The highest BCUT2D eigenvalue weighted by molar-refractivity contribution is 7.80. The Balaban J connectivity index is 3.10. The van der Waals surface area contributed by atoms with Crippen molar-refractivity contribution in [3.05, 3.63) is 35.9 Å². The molecule has 0 aliphatic heterocycles. The van der Waals surface area contributed by atoms with Gasteiger partial charge in [-0.2, -0.15) is 12.6 Å². The van der Waals surface area contributed by atoms with Gasteiger partial charge in [0.1, 0.15) is 18.1 Å². The maximum atomic E-state index is 13.2. The number of hydrogen-bond donors (Lipinski definition) is 7. The summed E-state index contributed by atoms with van der Waals surface area (Å²) in [6.07, 6.45) is 2.13. The molecule has 0 aliphatic rings. The first-order valence-electron chi connectivity index (χ1n) is 11.9. The number of rotatable bonds is 16. The molecule has 10 nitrogen and oxygen atoms in total. The standard InChI is InChI=1S/C24H39N5O5S/c1-3-15(2)20(29-21(30)17(26)14-35)23(32)28-19(13-16-9-5-4-6-10-16)22(31)27-18(24(33)34)11-7-8-12-25/h4-6,9-10,15,17-20,35H,3,7-8,11-14,25-26H2,1-2H3,(H,27,31)(H,28,32)(H,29,30)(H,33,34)/t15-,17-,18-,19-,20-/m0/s1. The van der Waals surface area contributed by atoms with Gasteiger partial charge in [0.05, 0.1) is 6.04 Å². The number of aliphatic carboxylic acids is 1. The molecule has 0 saturated heterocycles. The molecule has 0 aliphatic carbocycles. The molecule has 1 aromatic carbocycles. The third kappa shape index (κ3) is 10.7. The number of carbonyl (C=O) groups is 4. The molecule has 0 radical (unpaired) electrons. The molecule has 3 amide bonds. The van der Waals surface area contributed by atoms with Crippen LogP contribution < -0.4 is 27.4 Å². The van der Waals surface area contributed by atoms with E-state index in [2.05, 4.69) is 28.6 Å². The van der Waals surface area contributed by atoms with Crippen LogP contribution in [0.25, 0.3) is 0 Å². The van der Waals surface area contributed by atoms with Gasteiger partial charge in [-0.15, -0.1) is 0 Å². The van der Waals surface area contributed by atoms with E-state index in [0.29, 0.717) is 25.8 Å². The molecule has 8 N–H and O–H groups in total. The minimum atomic E-state index is -1.16. The van der Waals surface area contributed by atoms with Crippen LogP contribution in [0.15, 0.2) is 30.3 Å². The summed E-state index contributed by atoms with van der Waals surface area (Å²) < 4.78 is 0. The lowest BCUT2D eigenvalue weighted by Gasteiger charge is -2.28. The summed E-state index contributed by atoms with van der Waals surface area (Å²) in [5.41, 5.74) is 12.0. The molecule has 5 atom stereocenters. The van der Waals surface area contributed by atoms with Gasteiger partial charge in [-0.25, -0.2) is 4.79 Å². The van der Waals surface area contributed by atoms with E-state index in [1.807, 2.05) is 25.1 Å². The predicted octanol–water partition coefficient (Wildman–Crippen LogP) is 0.200. The summed E-state index contributed by atoms with van der Waals surface area (Å²) in [4.78, 5) is 50.4. The summed E-state index contributed by atoms with van der Waals surface area (Å²) >= 11 is 4.03. The number of nitrogens with one attached hydrogen (secondary N) is 3. The molecule has 0 unspecified atom stereocenters. The number of amides is 3. The topological polar surface area (TPSA) is 177 Å².